The lowest BCUT2D eigenvalue weighted by Crippen LogP contribution is -2.34. The summed E-state index contributed by atoms with van der Waals surface area (Å²) in [4.78, 5) is 0. The molecular weight excluding hydrogens is 276 g/mol. The molecule has 0 aliphatic carbocycles. The number of hydrogen-bond acceptors (Lipinski definition) is 2. The van der Waals surface area contributed by atoms with Crippen LogP contribution in [0.15, 0.2) is 28.7 Å². The Hall–Kier alpha value is -0.380. The highest BCUT2D eigenvalue weighted by Crippen LogP contribution is 2.19. The van der Waals surface area contributed by atoms with Crippen LogP contribution in [0.5, 0.6) is 0 Å². The molecule has 17 heavy (non-hydrogen) atoms. The maximum absolute atomic E-state index is 3.65. The summed E-state index contributed by atoms with van der Waals surface area (Å²) in [6.07, 6.45) is 2.61. The van der Waals surface area contributed by atoms with E-state index in [9.17, 15) is 0 Å². The smallest absolute Gasteiger partial charge is 0.0292 e. The lowest BCUT2D eigenvalue weighted by atomic mass is 9.97. The van der Waals surface area contributed by atoms with Gasteiger partial charge in [-0.05, 0) is 63.0 Å². The summed E-state index contributed by atoms with van der Waals surface area (Å²) in [6, 6.07) is 8.98. The van der Waals surface area contributed by atoms with E-state index in [-0.39, 0.29) is 0 Å². The van der Waals surface area contributed by atoms with E-state index in [4.69, 9.17) is 0 Å². The first kappa shape index (κ1) is 13.1. The van der Waals surface area contributed by atoms with Gasteiger partial charge in [0.1, 0.15) is 0 Å². The Bertz CT molecular complexity index is 348. The highest BCUT2D eigenvalue weighted by Gasteiger charge is 2.14. The van der Waals surface area contributed by atoms with Crippen LogP contribution in [0.1, 0.15) is 31.4 Å². The van der Waals surface area contributed by atoms with Crippen molar-refractivity contribution in [3.05, 3.63) is 34.3 Å². The molecule has 0 spiro atoms. The van der Waals surface area contributed by atoms with Gasteiger partial charge in [-0.3, -0.25) is 0 Å². The first-order valence-electron chi connectivity index (χ1n) is 6.45. The second kappa shape index (κ2) is 6.53. The molecule has 1 saturated heterocycles. The molecule has 2 nitrogen and oxygen atoms in total. The Balaban J connectivity index is 1.82. The van der Waals surface area contributed by atoms with Gasteiger partial charge in [-0.1, -0.05) is 28.1 Å². The van der Waals surface area contributed by atoms with Gasteiger partial charge in [-0.2, -0.15) is 0 Å². The van der Waals surface area contributed by atoms with Crippen LogP contribution in [0.2, 0.25) is 0 Å². The molecule has 1 fully saturated rings. The van der Waals surface area contributed by atoms with Crippen LogP contribution < -0.4 is 10.6 Å². The van der Waals surface area contributed by atoms with Crippen LogP contribution in [0, 0.1) is 5.92 Å². The van der Waals surface area contributed by atoms with Gasteiger partial charge < -0.3 is 10.6 Å². The predicted molar refractivity (Wildman–Crippen MR) is 76.2 cm³/mol. The fourth-order valence-electron chi connectivity index (χ4n) is 2.32. The quantitative estimate of drug-likeness (QED) is 0.892. The van der Waals surface area contributed by atoms with E-state index in [0.717, 1.165) is 16.9 Å². The molecule has 1 aliphatic heterocycles. The maximum Gasteiger partial charge on any atom is 0.0292 e. The van der Waals surface area contributed by atoms with Gasteiger partial charge in [-0.15, -0.1) is 0 Å². The predicted octanol–water partition coefficient (Wildman–Crippen LogP) is 3.10. The van der Waals surface area contributed by atoms with E-state index in [0.29, 0.717) is 6.04 Å². The van der Waals surface area contributed by atoms with Gasteiger partial charge in [0.25, 0.3) is 0 Å². The molecule has 1 atom stereocenters. The second-order valence-corrected chi connectivity index (χ2v) is 5.79. The van der Waals surface area contributed by atoms with Crippen molar-refractivity contribution in [2.24, 2.45) is 5.92 Å². The molecule has 0 aromatic heterocycles. The van der Waals surface area contributed by atoms with Crippen LogP contribution in [0.25, 0.3) is 0 Å². The number of halogens is 1. The third-order valence-electron chi connectivity index (χ3n) is 3.52. The minimum Gasteiger partial charge on any atom is -0.317 e. The number of piperidine rings is 1. The molecule has 94 valence electrons. The van der Waals surface area contributed by atoms with E-state index in [2.05, 4.69) is 57.8 Å². The van der Waals surface area contributed by atoms with Crippen LogP contribution in [-0.4, -0.2) is 19.6 Å². The molecule has 0 radical (unpaired) electrons. The van der Waals surface area contributed by atoms with Crippen LogP contribution in [0.4, 0.5) is 0 Å². The van der Waals surface area contributed by atoms with E-state index in [1.54, 1.807) is 0 Å². The Morgan fingerprint density at radius 3 is 2.88 bits per heavy atom. The van der Waals surface area contributed by atoms with Crippen molar-refractivity contribution < 1.29 is 0 Å². The van der Waals surface area contributed by atoms with Crippen molar-refractivity contribution >= 4 is 15.9 Å². The monoisotopic (exact) mass is 296 g/mol. The molecule has 2 N–H and O–H groups in total. The zero-order valence-corrected chi connectivity index (χ0v) is 12.0. The Kier molecular flexibility index (Phi) is 5.01. The molecule has 1 aliphatic rings. The lowest BCUT2D eigenvalue weighted by Gasteiger charge is -2.25. The van der Waals surface area contributed by atoms with Crippen molar-refractivity contribution in [3.8, 4) is 0 Å². The van der Waals surface area contributed by atoms with Gasteiger partial charge in [0.15, 0.2) is 0 Å². The first-order chi connectivity index (χ1) is 8.25. The summed E-state index contributed by atoms with van der Waals surface area (Å²) in [6.45, 7) is 5.73. The Morgan fingerprint density at radius 2 is 2.18 bits per heavy atom. The zero-order chi connectivity index (χ0) is 12.1. The molecule has 0 amide bonds. The average Bonchev–Trinajstić information content (AvgIpc) is 2.37. The largest absolute Gasteiger partial charge is 0.317 e. The standard InChI is InChI=1S/C14H21BrN2/c1-11(13-3-2-4-14(15)9-13)17-10-12-5-7-16-8-6-12/h2-4,9,11-12,16-17H,5-8,10H2,1H3. The van der Waals surface area contributed by atoms with E-state index in [1.807, 2.05) is 0 Å². The molecule has 1 aromatic rings. The summed E-state index contributed by atoms with van der Waals surface area (Å²) < 4.78 is 1.16. The van der Waals surface area contributed by atoms with Gasteiger partial charge in [0.05, 0.1) is 0 Å². The van der Waals surface area contributed by atoms with Crippen molar-refractivity contribution in [1.29, 1.82) is 0 Å². The average molecular weight is 297 g/mol. The van der Waals surface area contributed by atoms with Crippen LogP contribution >= 0.6 is 15.9 Å². The summed E-state index contributed by atoms with van der Waals surface area (Å²) >= 11 is 3.52. The number of rotatable bonds is 4. The summed E-state index contributed by atoms with van der Waals surface area (Å²) in [7, 11) is 0. The summed E-state index contributed by atoms with van der Waals surface area (Å²) in [5.74, 6) is 0.839. The molecule has 1 unspecified atom stereocenters. The van der Waals surface area contributed by atoms with Gasteiger partial charge in [0.2, 0.25) is 0 Å². The normalized spacial score (nSPS) is 19.2. The maximum atomic E-state index is 3.65. The number of benzene rings is 1. The highest BCUT2D eigenvalue weighted by atomic mass is 79.9. The SMILES string of the molecule is CC(NCC1CCNCC1)c1cccc(Br)c1. The van der Waals surface area contributed by atoms with E-state index >= 15 is 0 Å². The number of hydrogen-bond donors (Lipinski definition) is 2. The zero-order valence-electron chi connectivity index (χ0n) is 10.4. The third-order valence-corrected chi connectivity index (χ3v) is 4.01. The van der Waals surface area contributed by atoms with Crippen molar-refractivity contribution in [2.45, 2.75) is 25.8 Å². The van der Waals surface area contributed by atoms with Gasteiger partial charge >= 0.3 is 0 Å². The lowest BCUT2D eigenvalue weighted by molar-refractivity contribution is 0.345. The van der Waals surface area contributed by atoms with Crippen LogP contribution in [-0.2, 0) is 0 Å². The topological polar surface area (TPSA) is 24.1 Å². The van der Waals surface area contributed by atoms with Crippen LogP contribution in [0.3, 0.4) is 0 Å². The molecule has 2 rings (SSSR count). The fourth-order valence-corrected chi connectivity index (χ4v) is 2.74. The highest BCUT2D eigenvalue weighted by molar-refractivity contribution is 9.10. The van der Waals surface area contributed by atoms with Crippen molar-refractivity contribution in [2.75, 3.05) is 19.6 Å². The molecular formula is C14H21BrN2. The third kappa shape index (κ3) is 4.09. The Morgan fingerprint density at radius 1 is 1.41 bits per heavy atom. The second-order valence-electron chi connectivity index (χ2n) is 4.88. The van der Waals surface area contributed by atoms with Gasteiger partial charge in [-0.25, -0.2) is 0 Å². The molecule has 3 heteroatoms. The van der Waals surface area contributed by atoms with E-state index in [1.165, 1.54) is 31.5 Å². The Labute approximate surface area is 112 Å². The first-order valence-corrected chi connectivity index (χ1v) is 7.24. The fraction of sp³-hybridized carbons (Fsp3) is 0.571. The molecule has 1 aromatic carbocycles. The van der Waals surface area contributed by atoms with E-state index < -0.39 is 0 Å². The van der Waals surface area contributed by atoms with Gasteiger partial charge in [0, 0.05) is 10.5 Å². The summed E-state index contributed by atoms with van der Waals surface area (Å²) in [5, 5.41) is 7.05. The minimum atomic E-state index is 0.433. The van der Waals surface area contributed by atoms with Crippen molar-refractivity contribution in [1.82, 2.24) is 10.6 Å². The molecule has 0 saturated carbocycles. The minimum absolute atomic E-state index is 0.433. The number of nitrogens with one attached hydrogen (secondary N) is 2. The molecule has 0 bridgehead atoms. The van der Waals surface area contributed by atoms with Crippen molar-refractivity contribution in [3.63, 3.8) is 0 Å². The molecule has 1 heterocycles. The summed E-state index contributed by atoms with van der Waals surface area (Å²) in [5.41, 5.74) is 1.35.